The van der Waals surface area contributed by atoms with Crippen LogP contribution in [0.25, 0.3) is 21.9 Å². The van der Waals surface area contributed by atoms with Crippen LogP contribution in [0.4, 0.5) is 11.6 Å². The quantitative estimate of drug-likeness (QED) is 0.517. The lowest BCUT2D eigenvalue weighted by Crippen LogP contribution is -1.97. The van der Waals surface area contributed by atoms with Crippen molar-refractivity contribution in [2.75, 3.05) is 5.73 Å². The van der Waals surface area contributed by atoms with Gasteiger partial charge in [0.2, 0.25) is 5.95 Å². The minimum atomic E-state index is -0.446. The average Bonchev–Trinajstić information content (AvgIpc) is 2.65. The third-order valence-corrected chi connectivity index (χ3v) is 2.95. The summed E-state index contributed by atoms with van der Waals surface area (Å²) in [6.45, 7) is 0. The molecule has 3 aromatic rings. The molecule has 18 heavy (non-hydrogen) atoms. The minimum Gasteiger partial charge on any atom is -0.369 e. The minimum absolute atomic E-state index is 0.0406. The molecule has 0 radical (unpaired) electrons. The molecular weight excluding hydrogens is 234 g/mol. The number of hydrogen-bond acceptors (Lipinski definition) is 5. The number of hydrogen-bond donors (Lipinski definition) is 1. The van der Waals surface area contributed by atoms with E-state index in [2.05, 4.69) is 9.97 Å². The van der Waals surface area contributed by atoms with Gasteiger partial charge in [0.25, 0.3) is 5.69 Å². The molecule has 2 N–H and O–H groups in total. The van der Waals surface area contributed by atoms with Gasteiger partial charge in [0.15, 0.2) is 5.52 Å². The number of aromatic nitrogens is 3. The summed E-state index contributed by atoms with van der Waals surface area (Å²) in [6.07, 6.45) is 1.52. The number of nitrogen functional groups attached to an aromatic ring is 1. The summed E-state index contributed by atoms with van der Waals surface area (Å²) in [4.78, 5) is 18.9. The Morgan fingerprint density at radius 1 is 1.44 bits per heavy atom. The van der Waals surface area contributed by atoms with Gasteiger partial charge in [-0.05, 0) is 12.1 Å². The maximum Gasteiger partial charge on any atom is 0.297 e. The Morgan fingerprint density at radius 2 is 2.22 bits per heavy atom. The number of imidazole rings is 1. The second kappa shape index (κ2) is 3.39. The second-order valence-corrected chi connectivity index (χ2v) is 3.95. The van der Waals surface area contributed by atoms with Crippen LogP contribution in [0.2, 0.25) is 0 Å². The summed E-state index contributed by atoms with van der Waals surface area (Å²) in [6, 6.07) is 4.93. The van der Waals surface area contributed by atoms with E-state index < -0.39 is 4.92 Å². The first-order chi connectivity index (χ1) is 8.59. The number of aryl methyl sites for hydroxylation is 1. The number of nitro benzene ring substituents is 1. The predicted molar refractivity (Wildman–Crippen MR) is 67.1 cm³/mol. The fraction of sp³-hybridized carbons (Fsp3) is 0.0909. The Balaban J connectivity index is 2.61. The van der Waals surface area contributed by atoms with Gasteiger partial charge in [-0.15, -0.1) is 0 Å². The maximum absolute atomic E-state index is 11.1. The van der Waals surface area contributed by atoms with E-state index in [9.17, 15) is 10.1 Å². The van der Waals surface area contributed by atoms with Crippen LogP contribution in [-0.2, 0) is 7.05 Å². The van der Waals surface area contributed by atoms with Gasteiger partial charge >= 0.3 is 0 Å². The van der Waals surface area contributed by atoms with Gasteiger partial charge < -0.3 is 10.3 Å². The third-order valence-electron chi connectivity index (χ3n) is 2.95. The molecule has 0 unspecified atom stereocenters. The zero-order valence-corrected chi connectivity index (χ0v) is 9.49. The molecule has 3 rings (SSSR count). The van der Waals surface area contributed by atoms with Crippen molar-refractivity contribution in [3.8, 4) is 0 Å². The second-order valence-electron chi connectivity index (χ2n) is 3.95. The molecule has 2 heterocycles. The highest BCUT2D eigenvalue weighted by Crippen LogP contribution is 2.31. The van der Waals surface area contributed by atoms with Crippen LogP contribution < -0.4 is 5.73 Å². The van der Waals surface area contributed by atoms with Crippen molar-refractivity contribution in [3.63, 3.8) is 0 Å². The first-order valence-electron chi connectivity index (χ1n) is 5.23. The van der Waals surface area contributed by atoms with Gasteiger partial charge in [0.05, 0.1) is 10.4 Å². The number of benzene rings is 1. The van der Waals surface area contributed by atoms with Crippen molar-refractivity contribution in [3.05, 3.63) is 34.5 Å². The van der Waals surface area contributed by atoms with Gasteiger partial charge in [-0.2, -0.15) is 0 Å². The number of rotatable bonds is 1. The van der Waals surface area contributed by atoms with Gasteiger partial charge in [-0.1, -0.05) is 0 Å². The van der Waals surface area contributed by atoms with Crippen molar-refractivity contribution >= 4 is 33.6 Å². The van der Waals surface area contributed by atoms with Crippen molar-refractivity contribution in [2.24, 2.45) is 7.05 Å². The van der Waals surface area contributed by atoms with Crippen molar-refractivity contribution in [1.29, 1.82) is 0 Å². The molecule has 2 aromatic heterocycles. The van der Waals surface area contributed by atoms with E-state index in [1.807, 2.05) is 0 Å². The standard InChI is InChI=1S/C11H9N5O2/c1-15-7-5-8(16(17)18)9-6(3-2-4-13-9)10(7)14-11(15)12/h2-5H,1H3,(H2,12,14). The molecule has 1 aromatic carbocycles. The zero-order valence-electron chi connectivity index (χ0n) is 9.49. The van der Waals surface area contributed by atoms with Crippen molar-refractivity contribution < 1.29 is 4.92 Å². The number of nitrogens with zero attached hydrogens (tertiary/aromatic N) is 4. The monoisotopic (exact) mass is 243 g/mol. The Kier molecular flexibility index (Phi) is 1.97. The molecule has 7 nitrogen and oxygen atoms in total. The fourth-order valence-corrected chi connectivity index (χ4v) is 2.03. The molecule has 0 aliphatic carbocycles. The number of anilines is 1. The van der Waals surface area contributed by atoms with Gasteiger partial charge in [0.1, 0.15) is 5.52 Å². The topological polar surface area (TPSA) is 99.9 Å². The fourth-order valence-electron chi connectivity index (χ4n) is 2.03. The summed E-state index contributed by atoms with van der Waals surface area (Å²) >= 11 is 0. The van der Waals surface area contributed by atoms with E-state index >= 15 is 0 Å². The van der Waals surface area contributed by atoms with Crippen LogP contribution >= 0.6 is 0 Å². The SMILES string of the molecule is Cn1c(N)nc2c3cccnc3c([N+](=O)[O-])cc21. The number of non-ortho nitro benzene ring substituents is 1. The smallest absolute Gasteiger partial charge is 0.297 e. The number of pyridine rings is 1. The number of nitro groups is 1. The van der Waals surface area contributed by atoms with Crippen LogP contribution in [-0.4, -0.2) is 19.5 Å². The Hall–Kier alpha value is -2.70. The molecule has 0 saturated carbocycles. The molecule has 0 spiro atoms. The largest absolute Gasteiger partial charge is 0.369 e. The molecule has 0 fully saturated rings. The summed E-state index contributed by atoms with van der Waals surface area (Å²) in [5.41, 5.74) is 7.27. The van der Waals surface area contributed by atoms with Crippen molar-refractivity contribution in [2.45, 2.75) is 0 Å². The molecule has 0 atom stereocenters. The Morgan fingerprint density at radius 3 is 2.94 bits per heavy atom. The molecule has 0 amide bonds. The summed E-state index contributed by atoms with van der Waals surface area (Å²) in [5, 5.41) is 11.7. The van der Waals surface area contributed by atoms with Crippen molar-refractivity contribution in [1.82, 2.24) is 14.5 Å². The Bertz CT molecular complexity index is 793. The molecule has 90 valence electrons. The highest BCUT2D eigenvalue weighted by atomic mass is 16.6. The summed E-state index contributed by atoms with van der Waals surface area (Å²) in [5.74, 6) is 0.315. The highest BCUT2D eigenvalue weighted by molar-refractivity contribution is 6.07. The van der Waals surface area contributed by atoms with E-state index in [-0.39, 0.29) is 5.69 Å². The zero-order chi connectivity index (χ0) is 12.9. The Labute approximate surface area is 101 Å². The lowest BCUT2D eigenvalue weighted by Gasteiger charge is -2.01. The summed E-state index contributed by atoms with van der Waals surface area (Å²) in [7, 11) is 1.72. The van der Waals surface area contributed by atoms with Gasteiger partial charge in [-0.3, -0.25) is 10.1 Å². The molecule has 0 aliphatic heterocycles. The van der Waals surface area contributed by atoms with Crippen LogP contribution in [0.1, 0.15) is 0 Å². The van der Waals surface area contributed by atoms with Gasteiger partial charge in [-0.25, -0.2) is 9.97 Å². The van der Waals surface area contributed by atoms with Crippen LogP contribution in [0.3, 0.4) is 0 Å². The molecule has 0 saturated heterocycles. The van der Waals surface area contributed by atoms with Gasteiger partial charge in [0, 0.05) is 24.7 Å². The third kappa shape index (κ3) is 1.24. The molecule has 0 aliphatic rings. The molecule has 0 bridgehead atoms. The number of nitrogens with two attached hydrogens (primary N) is 1. The highest BCUT2D eigenvalue weighted by Gasteiger charge is 2.19. The lowest BCUT2D eigenvalue weighted by atomic mass is 10.1. The number of fused-ring (bicyclic) bond motifs is 3. The van der Waals surface area contributed by atoms with E-state index in [1.54, 1.807) is 23.7 Å². The first-order valence-corrected chi connectivity index (χ1v) is 5.23. The van der Waals surface area contributed by atoms with Crippen LogP contribution in [0.15, 0.2) is 24.4 Å². The summed E-state index contributed by atoms with van der Waals surface area (Å²) < 4.78 is 1.62. The van der Waals surface area contributed by atoms with E-state index in [0.29, 0.717) is 27.9 Å². The predicted octanol–water partition coefficient (Wildman–Crippen LogP) is 1.61. The normalized spacial score (nSPS) is 11.2. The maximum atomic E-state index is 11.1. The first kappa shape index (κ1) is 10.5. The van der Waals surface area contributed by atoms with Crippen LogP contribution in [0.5, 0.6) is 0 Å². The van der Waals surface area contributed by atoms with E-state index in [4.69, 9.17) is 5.73 Å². The average molecular weight is 243 g/mol. The van der Waals surface area contributed by atoms with E-state index in [0.717, 1.165) is 0 Å². The van der Waals surface area contributed by atoms with E-state index in [1.165, 1.54) is 12.3 Å². The molecule has 7 heteroatoms. The molecular formula is C11H9N5O2. The van der Waals surface area contributed by atoms with Crippen LogP contribution in [0, 0.1) is 10.1 Å². The lowest BCUT2D eigenvalue weighted by molar-refractivity contribution is -0.383.